The van der Waals surface area contributed by atoms with Crippen molar-refractivity contribution in [3.63, 3.8) is 0 Å². The fourth-order valence-electron chi connectivity index (χ4n) is 1.54. The lowest BCUT2D eigenvalue weighted by molar-refractivity contribution is 0.585. The van der Waals surface area contributed by atoms with Crippen molar-refractivity contribution in [2.45, 2.75) is 11.8 Å². The lowest BCUT2D eigenvalue weighted by Gasteiger charge is -2.09. The normalized spacial score (nSPS) is 11.6. The third-order valence-electron chi connectivity index (χ3n) is 2.46. The molecule has 2 rings (SSSR count). The second kappa shape index (κ2) is 5.30. The van der Waals surface area contributed by atoms with Gasteiger partial charge in [0.05, 0.1) is 15.2 Å². The number of anilines is 2. The highest BCUT2D eigenvalue weighted by Gasteiger charge is 2.21. The van der Waals surface area contributed by atoms with E-state index in [1.54, 1.807) is 6.92 Å². The van der Waals surface area contributed by atoms with Gasteiger partial charge in [0.25, 0.3) is 10.0 Å². The molecule has 0 saturated heterocycles. The van der Waals surface area contributed by atoms with Crippen molar-refractivity contribution in [1.82, 2.24) is 0 Å². The van der Waals surface area contributed by atoms with Crippen molar-refractivity contribution in [2.75, 3.05) is 10.5 Å². The van der Waals surface area contributed by atoms with Crippen LogP contribution in [0.15, 0.2) is 26.9 Å². The number of thiophene rings is 1. The van der Waals surface area contributed by atoms with Gasteiger partial charge in [-0.1, -0.05) is 0 Å². The highest BCUT2D eigenvalue weighted by Crippen LogP contribution is 2.31. The molecule has 0 unspecified atom stereocenters. The number of hydrogen-bond donors (Lipinski definition) is 2. The molecule has 1 aromatic heterocycles. The first kappa shape index (κ1) is 15.2. The summed E-state index contributed by atoms with van der Waals surface area (Å²) in [7, 11) is -3.96. The van der Waals surface area contributed by atoms with Gasteiger partial charge in [-0.2, -0.15) is 0 Å². The van der Waals surface area contributed by atoms with Gasteiger partial charge < -0.3 is 5.73 Å². The zero-order valence-corrected chi connectivity index (χ0v) is 13.3. The number of benzene rings is 1. The standard InChI is InChI=1S/C11H9BrF2N2O2S2/c1-5-10(4-11(12)19-5)20(17,18)16-9-3-8(15)6(13)2-7(9)14/h2-4,16H,15H2,1H3. The van der Waals surface area contributed by atoms with E-state index in [-0.39, 0.29) is 10.6 Å². The van der Waals surface area contributed by atoms with Crippen LogP contribution in [0.2, 0.25) is 0 Å². The summed E-state index contributed by atoms with van der Waals surface area (Å²) in [5.74, 6) is -1.98. The molecular weight excluding hydrogens is 374 g/mol. The van der Waals surface area contributed by atoms with Gasteiger partial charge >= 0.3 is 0 Å². The maximum Gasteiger partial charge on any atom is 0.263 e. The first-order valence-electron chi connectivity index (χ1n) is 5.24. The van der Waals surface area contributed by atoms with Crippen LogP contribution in [0.4, 0.5) is 20.2 Å². The third kappa shape index (κ3) is 2.94. The summed E-state index contributed by atoms with van der Waals surface area (Å²) < 4.78 is 53.6. The largest absolute Gasteiger partial charge is 0.396 e. The Morgan fingerprint density at radius 3 is 2.45 bits per heavy atom. The summed E-state index contributed by atoms with van der Waals surface area (Å²) in [5, 5.41) is 0. The molecule has 4 nitrogen and oxygen atoms in total. The molecule has 3 N–H and O–H groups in total. The van der Waals surface area contributed by atoms with Gasteiger partial charge in [0.15, 0.2) is 0 Å². The average Bonchev–Trinajstić information content (AvgIpc) is 2.66. The number of aryl methyl sites for hydroxylation is 1. The topological polar surface area (TPSA) is 72.2 Å². The van der Waals surface area contributed by atoms with Crippen LogP contribution in [0.1, 0.15) is 4.88 Å². The molecule has 0 aliphatic carbocycles. The van der Waals surface area contributed by atoms with Gasteiger partial charge in [-0.25, -0.2) is 17.2 Å². The maximum atomic E-state index is 13.6. The van der Waals surface area contributed by atoms with Gasteiger partial charge in [-0.05, 0) is 35.0 Å². The molecule has 1 aromatic carbocycles. The van der Waals surface area contributed by atoms with Crippen molar-refractivity contribution in [3.8, 4) is 0 Å². The minimum absolute atomic E-state index is 0.0247. The number of nitrogen functional groups attached to an aromatic ring is 1. The Morgan fingerprint density at radius 2 is 1.90 bits per heavy atom. The number of sulfonamides is 1. The predicted molar refractivity (Wildman–Crippen MR) is 78.3 cm³/mol. The van der Waals surface area contributed by atoms with Crippen molar-refractivity contribution >= 4 is 48.7 Å². The Bertz CT molecular complexity index is 775. The number of nitrogens with one attached hydrogen (secondary N) is 1. The summed E-state index contributed by atoms with van der Waals surface area (Å²) in [4.78, 5) is 0.566. The molecule has 2 aromatic rings. The van der Waals surface area contributed by atoms with E-state index in [0.29, 0.717) is 14.7 Å². The summed E-state index contributed by atoms with van der Waals surface area (Å²) >= 11 is 4.41. The van der Waals surface area contributed by atoms with E-state index in [1.807, 2.05) is 0 Å². The van der Waals surface area contributed by atoms with E-state index in [4.69, 9.17) is 5.73 Å². The lowest BCUT2D eigenvalue weighted by atomic mass is 10.2. The molecule has 108 valence electrons. The van der Waals surface area contributed by atoms with Crippen molar-refractivity contribution in [3.05, 3.63) is 38.5 Å². The quantitative estimate of drug-likeness (QED) is 0.798. The highest BCUT2D eigenvalue weighted by molar-refractivity contribution is 9.11. The molecule has 0 amide bonds. The summed E-state index contributed by atoms with van der Waals surface area (Å²) in [5.41, 5.74) is 4.56. The monoisotopic (exact) mass is 382 g/mol. The van der Waals surface area contributed by atoms with E-state index in [9.17, 15) is 17.2 Å². The fourth-order valence-corrected chi connectivity index (χ4v) is 5.01. The summed E-state index contributed by atoms with van der Waals surface area (Å²) in [6.07, 6.45) is 0. The molecular formula is C11H9BrF2N2O2S2. The van der Waals surface area contributed by atoms with Crippen molar-refractivity contribution in [1.29, 1.82) is 0 Å². The SMILES string of the molecule is Cc1sc(Br)cc1S(=O)(=O)Nc1cc(N)c(F)cc1F. The van der Waals surface area contributed by atoms with E-state index >= 15 is 0 Å². The molecule has 0 aliphatic heterocycles. The van der Waals surface area contributed by atoms with Gasteiger partial charge in [0.1, 0.15) is 16.5 Å². The molecule has 0 radical (unpaired) electrons. The smallest absolute Gasteiger partial charge is 0.263 e. The molecule has 0 spiro atoms. The molecule has 0 saturated carbocycles. The number of halogens is 3. The van der Waals surface area contributed by atoms with Crippen molar-refractivity contribution < 1.29 is 17.2 Å². The van der Waals surface area contributed by atoms with Crippen LogP contribution in [0.3, 0.4) is 0 Å². The third-order valence-corrected chi connectivity index (χ3v) is 5.64. The Kier molecular flexibility index (Phi) is 4.03. The first-order valence-corrected chi connectivity index (χ1v) is 8.33. The van der Waals surface area contributed by atoms with E-state index in [2.05, 4.69) is 20.7 Å². The van der Waals surface area contributed by atoms with Crippen LogP contribution < -0.4 is 10.5 Å². The van der Waals surface area contributed by atoms with E-state index in [0.717, 1.165) is 6.07 Å². The van der Waals surface area contributed by atoms with Gasteiger partial charge in [-0.15, -0.1) is 11.3 Å². The molecule has 0 bridgehead atoms. The van der Waals surface area contributed by atoms with Crippen molar-refractivity contribution in [2.24, 2.45) is 0 Å². The van der Waals surface area contributed by atoms with Gasteiger partial charge in [0, 0.05) is 10.9 Å². The summed E-state index contributed by atoms with van der Waals surface area (Å²) in [6, 6.07) is 2.84. The Morgan fingerprint density at radius 1 is 1.25 bits per heavy atom. The molecule has 9 heteroatoms. The molecule has 0 atom stereocenters. The summed E-state index contributed by atoms with van der Waals surface area (Å²) in [6.45, 7) is 1.62. The predicted octanol–water partition coefficient (Wildman–Crippen LogP) is 3.48. The highest BCUT2D eigenvalue weighted by atomic mass is 79.9. The Labute approximate surface area is 126 Å². The minimum Gasteiger partial charge on any atom is -0.396 e. The minimum atomic E-state index is -3.96. The van der Waals surface area contributed by atoms with Gasteiger partial charge in [-0.3, -0.25) is 4.72 Å². The lowest BCUT2D eigenvalue weighted by Crippen LogP contribution is -2.14. The molecule has 1 heterocycles. The second-order valence-corrected chi connectivity index (χ2v) is 8.22. The maximum absolute atomic E-state index is 13.6. The van der Waals surface area contributed by atoms with E-state index in [1.165, 1.54) is 17.4 Å². The first-order chi connectivity index (χ1) is 9.20. The fraction of sp³-hybridized carbons (Fsp3) is 0.0909. The van der Waals surface area contributed by atoms with Crippen LogP contribution in [-0.4, -0.2) is 8.42 Å². The Balaban J connectivity index is 2.43. The number of nitrogens with two attached hydrogens (primary N) is 1. The average molecular weight is 383 g/mol. The second-order valence-electron chi connectivity index (χ2n) is 3.93. The zero-order valence-electron chi connectivity index (χ0n) is 10.1. The van der Waals surface area contributed by atoms with Gasteiger partial charge in [0.2, 0.25) is 0 Å². The van der Waals surface area contributed by atoms with Crippen LogP contribution >= 0.6 is 27.3 Å². The number of hydrogen-bond acceptors (Lipinski definition) is 4. The molecule has 0 fully saturated rings. The van der Waals surface area contributed by atoms with Crippen LogP contribution in [0.25, 0.3) is 0 Å². The van der Waals surface area contributed by atoms with Crippen LogP contribution in [0, 0.1) is 18.6 Å². The van der Waals surface area contributed by atoms with Crippen LogP contribution in [-0.2, 0) is 10.0 Å². The Hall–Kier alpha value is -1.19. The molecule has 20 heavy (non-hydrogen) atoms. The zero-order chi connectivity index (χ0) is 15.1. The van der Waals surface area contributed by atoms with Crippen LogP contribution in [0.5, 0.6) is 0 Å². The molecule has 0 aliphatic rings. The number of rotatable bonds is 3. The van der Waals surface area contributed by atoms with E-state index < -0.39 is 27.3 Å².